The van der Waals surface area contributed by atoms with E-state index < -0.39 is 0 Å². The number of benzene rings is 1. The Bertz CT molecular complexity index is 719. The molecule has 0 saturated heterocycles. The van der Waals surface area contributed by atoms with Gasteiger partial charge in [0.05, 0.1) is 25.3 Å². The van der Waals surface area contributed by atoms with Crippen LogP contribution < -0.4 is 10.5 Å². The minimum absolute atomic E-state index is 0.676. The van der Waals surface area contributed by atoms with Gasteiger partial charge in [-0.15, -0.1) is 0 Å². The highest BCUT2D eigenvalue weighted by atomic mass is 16.5. The van der Waals surface area contributed by atoms with Crippen molar-refractivity contribution >= 4 is 5.69 Å². The van der Waals surface area contributed by atoms with Gasteiger partial charge in [0, 0.05) is 29.3 Å². The highest BCUT2D eigenvalue weighted by molar-refractivity contribution is 5.73. The molecule has 0 radical (unpaired) electrons. The highest BCUT2D eigenvalue weighted by Crippen LogP contribution is 2.27. The Morgan fingerprint density at radius 1 is 1.05 bits per heavy atom. The molecule has 0 saturated carbocycles. The van der Waals surface area contributed by atoms with Crippen LogP contribution in [0, 0.1) is 0 Å². The third kappa shape index (κ3) is 2.09. The number of hydrogen-bond donors (Lipinski definition) is 1. The van der Waals surface area contributed by atoms with Gasteiger partial charge in [-0.2, -0.15) is 0 Å². The molecule has 0 fully saturated rings. The van der Waals surface area contributed by atoms with E-state index >= 15 is 0 Å². The van der Waals surface area contributed by atoms with Gasteiger partial charge < -0.3 is 10.5 Å². The Kier molecular flexibility index (Phi) is 3.09. The lowest BCUT2D eigenvalue weighted by Crippen LogP contribution is -1.98. The zero-order valence-electron chi connectivity index (χ0n) is 11.0. The van der Waals surface area contributed by atoms with Crippen molar-refractivity contribution in [2.24, 2.45) is 0 Å². The van der Waals surface area contributed by atoms with Crippen LogP contribution in [0.25, 0.3) is 16.9 Å². The molecule has 0 aliphatic carbocycles. The third-order valence-electron chi connectivity index (χ3n) is 3.12. The predicted molar refractivity (Wildman–Crippen MR) is 77.8 cm³/mol. The second-order valence-corrected chi connectivity index (χ2v) is 4.31. The van der Waals surface area contributed by atoms with Gasteiger partial charge in [0.2, 0.25) is 0 Å². The van der Waals surface area contributed by atoms with E-state index in [9.17, 15) is 0 Å². The fraction of sp³-hybridized carbons (Fsp3) is 0.0667. The van der Waals surface area contributed by atoms with Crippen LogP contribution in [-0.4, -0.2) is 21.6 Å². The molecule has 0 aliphatic heterocycles. The van der Waals surface area contributed by atoms with Crippen molar-refractivity contribution in [3.8, 4) is 22.7 Å². The third-order valence-corrected chi connectivity index (χ3v) is 3.12. The second-order valence-electron chi connectivity index (χ2n) is 4.31. The van der Waals surface area contributed by atoms with Crippen molar-refractivity contribution in [3.63, 3.8) is 0 Å². The zero-order valence-corrected chi connectivity index (χ0v) is 11.0. The molecule has 2 aromatic heterocycles. The zero-order chi connectivity index (χ0) is 13.9. The van der Waals surface area contributed by atoms with Crippen LogP contribution in [0.3, 0.4) is 0 Å². The summed E-state index contributed by atoms with van der Waals surface area (Å²) in [6.07, 6.45) is 6.94. The number of pyridine rings is 1. The summed E-state index contributed by atoms with van der Waals surface area (Å²) in [4.78, 5) is 8.33. The molecule has 0 unspecified atom stereocenters. The van der Waals surface area contributed by atoms with Crippen LogP contribution in [0.4, 0.5) is 5.69 Å². The summed E-state index contributed by atoms with van der Waals surface area (Å²) in [5, 5.41) is 0. The number of anilines is 1. The monoisotopic (exact) mass is 266 g/mol. The van der Waals surface area contributed by atoms with Crippen molar-refractivity contribution in [1.29, 1.82) is 0 Å². The number of methoxy groups -OCH3 is 1. The van der Waals surface area contributed by atoms with Crippen LogP contribution >= 0.6 is 0 Å². The number of hydrogen-bond acceptors (Lipinski definition) is 4. The molecule has 100 valence electrons. The van der Waals surface area contributed by atoms with Crippen LogP contribution in [0.15, 0.2) is 55.2 Å². The molecule has 0 amide bonds. The maximum atomic E-state index is 6.00. The highest BCUT2D eigenvalue weighted by Gasteiger charge is 2.10. The summed E-state index contributed by atoms with van der Waals surface area (Å²) in [6.45, 7) is 0. The van der Waals surface area contributed by atoms with Crippen molar-refractivity contribution < 1.29 is 4.74 Å². The van der Waals surface area contributed by atoms with E-state index in [2.05, 4.69) is 9.97 Å². The van der Waals surface area contributed by atoms with Gasteiger partial charge >= 0.3 is 0 Å². The molecule has 2 N–H and O–H groups in total. The Morgan fingerprint density at radius 3 is 2.55 bits per heavy atom. The smallest absolute Gasteiger partial charge is 0.119 e. The molecule has 1 aromatic carbocycles. The lowest BCUT2D eigenvalue weighted by molar-refractivity contribution is 0.415. The molecule has 0 atom stereocenters. The molecule has 5 heteroatoms. The van der Waals surface area contributed by atoms with Gasteiger partial charge in [0.25, 0.3) is 0 Å². The van der Waals surface area contributed by atoms with E-state index in [0.29, 0.717) is 5.69 Å². The average Bonchev–Trinajstić information content (AvgIpc) is 2.97. The first-order valence-corrected chi connectivity index (χ1v) is 6.16. The number of rotatable bonds is 3. The molecule has 0 bridgehead atoms. The molecular formula is C15H14N4O. The Morgan fingerprint density at radius 2 is 1.85 bits per heavy atom. The summed E-state index contributed by atoms with van der Waals surface area (Å²) >= 11 is 0. The number of imidazole rings is 1. The van der Waals surface area contributed by atoms with Crippen molar-refractivity contribution in [3.05, 3.63) is 55.2 Å². The van der Waals surface area contributed by atoms with E-state index in [1.54, 1.807) is 38.1 Å². The van der Waals surface area contributed by atoms with Gasteiger partial charge in [-0.1, -0.05) is 0 Å². The van der Waals surface area contributed by atoms with Crippen LogP contribution in [0.2, 0.25) is 0 Å². The Labute approximate surface area is 116 Å². The quantitative estimate of drug-likeness (QED) is 0.791. The lowest BCUT2D eigenvalue weighted by Gasteiger charge is -2.10. The standard InChI is InChI=1S/C15H14N4O/c1-20-12-4-2-11(3-5-12)19-10-18-9-15(19)13-8-17-7-6-14(13)16/h2-10H,1H3,(H2,16,17). The summed E-state index contributed by atoms with van der Waals surface area (Å²) in [6, 6.07) is 9.53. The number of ether oxygens (including phenoxy) is 1. The van der Waals surface area contributed by atoms with Gasteiger partial charge in [0.15, 0.2) is 0 Å². The first-order valence-electron chi connectivity index (χ1n) is 6.16. The number of nitrogens with two attached hydrogens (primary N) is 1. The number of aromatic nitrogens is 3. The molecule has 20 heavy (non-hydrogen) atoms. The lowest BCUT2D eigenvalue weighted by atomic mass is 10.2. The van der Waals surface area contributed by atoms with E-state index in [0.717, 1.165) is 22.7 Å². The largest absolute Gasteiger partial charge is 0.497 e. The predicted octanol–water partition coefficient (Wildman–Crippen LogP) is 2.53. The molecular weight excluding hydrogens is 252 g/mol. The van der Waals surface area contributed by atoms with E-state index in [1.165, 1.54) is 0 Å². The Balaban J connectivity index is 2.08. The first-order chi connectivity index (χ1) is 9.79. The molecule has 3 aromatic rings. The van der Waals surface area contributed by atoms with E-state index in [-0.39, 0.29) is 0 Å². The summed E-state index contributed by atoms with van der Waals surface area (Å²) in [5.74, 6) is 0.816. The normalized spacial score (nSPS) is 10.4. The van der Waals surface area contributed by atoms with Crippen LogP contribution in [0.1, 0.15) is 0 Å². The van der Waals surface area contributed by atoms with E-state index in [4.69, 9.17) is 10.5 Å². The minimum atomic E-state index is 0.676. The fourth-order valence-corrected chi connectivity index (χ4v) is 2.06. The van der Waals surface area contributed by atoms with Crippen molar-refractivity contribution in [1.82, 2.24) is 14.5 Å². The maximum absolute atomic E-state index is 6.00. The van der Waals surface area contributed by atoms with Gasteiger partial charge in [-0.3, -0.25) is 9.55 Å². The molecule has 2 heterocycles. The SMILES string of the molecule is COc1ccc(-n2cncc2-c2cnccc2N)cc1. The minimum Gasteiger partial charge on any atom is -0.497 e. The summed E-state index contributed by atoms with van der Waals surface area (Å²) in [7, 11) is 1.65. The molecule has 0 spiro atoms. The van der Waals surface area contributed by atoms with Gasteiger partial charge in [0.1, 0.15) is 5.75 Å². The molecule has 3 rings (SSSR count). The van der Waals surface area contributed by atoms with Crippen LogP contribution in [0.5, 0.6) is 5.75 Å². The number of nitrogen functional groups attached to an aromatic ring is 1. The molecule has 5 nitrogen and oxygen atoms in total. The molecule has 0 aliphatic rings. The van der Waals surface area contributed by atoms with Gasteiger partial charge in [-0.05, 0) is 30.3 Å². The van der Waals surface area contributed by atoms with Crippen molar-refractivity contribution in [2.45, 2.75) is 0 Å². The van der Waals surface area contributed by atoms with Crippen molar-refractivity contribution in [2.75, 3.05) is 12.8 Å². The summed E-state index contributed by atoms with van der Waals surface area (Å²) in [5.41, 5.74) is 9.43. The topological polar surface area (TPSA) is 66.0 Å². The first kappa shape index (κ1) is 12.2. The average molecular weight is 266 g/mol. The van der Waals surface area contributed by atoms with Gasteiger partial charge in [-0.25, -0.2) is 4.98 Å². The maximum Gasteiger partial charge on any atom is 0.119 e. The number of nitrogens with zero attached hydrogens (tertiary/aromatic N) is 3. The fourth-order valence-electron chi connectivity index (χ4n) is 2.06. The second kappa shape index (κ2) is 5.05. The van der Waals surface area contributed by atoms with Crippen LogP contribution in [-0.2, 0) is 0 Å². The van der Waals surface area contributed by atoms with E-state index in [1.807, 2.05) is 28.8 Å². The Hall–Kier alpha value is -2.82. The summed E-state index contributed by atoms with van der Waals surface area (Å²) < 4.78 is 7.13.